The Morgan fingerprint density at radius 1 is 0.943 bits per heavy atom. The van der Waals surface area contributed by atoms with Crippen LogP contribution in [0, 0.1) is 11.3 Å². The van der Waals surface area contributed by atoms with Crippen LogP contribution < -0.4 is 4.72 Å². The monoisotopic (exact) mass is 482 g/mol. The molecular formula is C26H22N6O2S. The van der Waals surface area contributed by atoms with Crippen LogP contribution in [0.1, 0.15) is 19.4 Å². The van der Waals surface area contributed by atoms with Crippen molar-refractivity contribution in [3.63, 3.8) is 0 Å². The Kier molecular flexibility index (Phi) is 5.26. The zero-order valence-electron chi connectivity index (χ0n) is 19.4. The minimum absolute atomic E-state index is 0.398. The summed E-state index contributed by atoms with van der Waals surface area (Å²) in [5, 5.41) is 18.6. The van der Waals surface area contributed by atoms with Crippen molar-refractivity contribution in [1.82, 2.24) is 20.2 Å². The lowest BCUT2D eigenvalue weighted by molar-refractivity contribution is 0.607. The molecule has 0 aliphatic carbocycles. The van der Waals surface area contributed by atoms with Gasteiger partial charge in [-0.1, -0.05) is 30.3 Å². The van der Waals surface area contributed by atoms with Crippen molar-refractivity contribution in [2.45, 2.75) is 19.3 Å². The van der Waals surface area contributed by atoms with Gasteiger partial charge in [-0.2, -0.15) is 10.4 Å². The number of nitrogens with one attached hydrogen (secondary N) is 2. The summed E-state index contributed by atoms with van der Waals surface area (Å²) in [6, 6.07) is 17.8. The van der Waals surface area contributed by atoms with Crippen LogP contribution in [0.3, 0.4) is 0 Å². The van der Waals surface area contributed by atoms with Gasteiger partial charge in [0.25, 0.3) is 0 Å². The Morgan fingerprint density at radius 3 is 2.40 bits per heavy atom. The number of hydrogen-bond acceptors (Lipinski definition) is 6. The molecule has 35 heavy (non-hydrogen) atoms. The zero-order chi connectivity index (χ0) is 24.8. The van der Waals surface area contributed by atoms with E-state index < -0.39 is 15.4 Å². The van der Waals surface area contributed by atoms with Crippen LogP contribution in [0.15, 0.2) is 67.1 Å². The normalized spacial score (nSPS) is 12.1. The number of aromatic nitrogens is 4. The van der Waals surface area contributed by atoms with Gasteiger partial charge in [-0.3, -0.25) is 14.8 Å². The van der Waals surface area contributed by atoms with Gasteiger partial charge in [-0.05, 0) is 43.2 Å². The Bertz CT molecular complexity index is 1730. The van der Waals surface area contributed by atoms with Crippen LogP contribution in [-0.4, -0.2) is 34.8 Å². The lowest BCUT2D eigenvalue weighted by atomic mass is 9.86. The number of H-pyrrole nitrogens is 1. The first-order valence-corrected chi connectivity index (χ1v) is 12.8. The van der Waals surface area contributed by atoms with Crippen molar-refractivity contribution in [3.8, 4) is 28.5 Å². The van der Waals surface area contributed by atoms with Gasteiger partial charge in [0.05, 0.1) is 52.5 Å². The number of anilines is 1. The molecule has 2 aromatic carbocycles. The molecule has 3 heterocycles. The summed E-state index contributed by atoms with van der Waals surface area (Å²) in [7, 11) is -3.40. The molecule has 2 N–H and O–H groups in total. The molecule has 174 valence electrons. The molecule has 0 aliphatic rings. The van der Waals surface area contributed by atoms with E-state index in [0.29, 0.717) is 5.69 Å². The summed E-state index contributed by atoms with van der Waals surface area (Å²) in [5.74, 6) is 0. The SMILES string of the molecule is CC(C)(C#N)c1ccc(-c2nc3ccc(-c4cncc(NS(C)(=O)=O)c4)cc3c3cn[nH]c23)cc1. The molecule has 0 fully saturated rings. The second-order valence-corrected chi connectivity index (χ2v) is 10.8. The van der Waals surface area contributed by atoms with Crippen LogP contribution >= 0.6 is 0 Å². The Balaban J connectivity index is 1.60. The first-order valence-electron chi connectivity index (χ1n) is 10.9. The van der Waals surface area contributed by atoms with E-state index in [9.17, 15) is 13.7 Å². The van der Waals surface area contributed by atoms with Crippen molar-refractivity contribution in [3.05, 3.63) is 72.7 Å². The highest BCUT2D eigenvalue weighted by molar-refractivity contribution is 7.92. The van der Waals surface area contributed by atoms with Gasteiger partial charge >= 0.3 is 0 Å². The van der Waals surface area contributed by atoms with Gasteiger partial charge < -0.3 is 0 Å². The number of nitriles is 1. The fourth-order valence-electron chi connectivity index (χ4n) is 4.06. The van der Waals surface area contributed by atoms with Gasteiger partial charge in [-0.15, -0.1) is 0 Å². The van der Waals surface area contributed by atoms with Gasteiger partial charge in [0.15, 0.2) is 0 Å². The maximum atomic E-state index is 11.6. The number of fused-ring (bicyclic) bond motifs is 3. The van der Waals surface area contributed by atoms with E-state index in [1.54, 1.807) is 18.5 Å². The van der Waals surface area contributed by atoms with Gasteiger partial charge in [-0.25, -0.2) is 13.4 Å². The Labute approximate surface area is 202 Å². The second kappa shape index (κ2) is 8.18. The predicted molar refractivity (Wildman–Crippen MR) is 137 cm³/mol. The van der Waals surface area contributed by atoms with E-state index in [4.69, 9.17) is 4.98 Å². The summed E-state index contributed by atoms with van der Waals surface area (Å²) < 4.78 is 25.7. The largest absolute Gasteiger partial charge is 0.282 e. The van der Waals surface area contributed by atoms with E-state index in [0.717, 1.165) is 56.0 Å². The van der Waals surface area contributed by atoms with Crippen molar-refractivity contribution < 1.29 is 8.42 Å². The molecule has 0 radical (unpaired) electrons. The van der Waals surface area contributed by atoms with Crippen molar-refractivity contribution in [2.24, 2.45) is 0 Å². The molecule has 9 heteroatoms. The molecule has 5 rings (SSSR count). The first-order chi connectivity index (χ1) is 16.6. The summed E-state index contributed by atoms with van der Waals surface area (Å²) in [4.78, 5) is 9.10. The standard InChI is InChI=1S/C26H22N6O2S/c1-26(2,15-27)19-7-4-16(5-8-19)24-25-22(14-29-31-25)21-11-17(6-9-23(21)30-24)18-10-20(13-28-12-18)32-35(3,33)34/h4-14,32H,1-3H3,(H,29,31). The fraction of sp³-hybridized carbons (Fsp3) is 0.154. The zero-order valence-corrected chi connectivity index (χ0v) is 20.2. The van der Waals surface area contributed by atoms with E-state index in [1.165, 1.54) is 6.20 Å². The molecule has 5 aromatic rings. The highest BCUT2D eigenvalue weighted by atomic mass is 32.2. The molecule has 0 unspecified atom stereocenters. The molecule has 0 amide bonds. The number of benzene rings is 2. The maximum absolute atomic E-state index is 11.6. The first kappa shape index (κ1) is 22.5. The molecule has 0 atom stereocenters. The fourth-order valence-corrected chi connectivity index (χ4v) is 4.60. The lowest BCUT2D eigenvalue weighted by Gasteiger charge is -2.16. The number of sulfonamides is 1. The highest BCUT2D eigenvalue weighted by Gasteiger charge is 2.20. The molecule has 0 aliphatic heterocycles. The summed E-state index contributed by atoms with van der Waals surface area (Å²) in [6.07, 6.45) is 6.04. The molecule has 0 spiro atoms. The molecule has 0 saturated heterocycles. The summed E-state index contributed by atoms with van der Waals surface area (Å²) in [5.41, 5.74) is 5.74. The average Bonchev–Trinajstić information content (AvgIpc) is 3.33. The molecule has 0 saturated carbocycles. The molecule has 8 nitrogen and oxygen atoms in total. The number of aromatic amines is 1. The second-order valence-electron chi connectivity index (χ2n) is 9.00. The smallest absolute Gasteiger partial charge is 0.229 e. The van der Waals surface area contributed by atoms with Gasteiger partial charge in [0, 0.05) is 28.1 Å². The van der Waals surface area contributed by atoms with Crippen LogP contribution in [0.2, 0.25) is 0 Å². The average molecular weight is 483 g/mol. The lowest BCUT2D eigenvalue weighted by Crippen LogP contribution is -2.13. The summed E-state index contributed by atoms with van der Waals surface area (Å²) in [6.45, 7) is 3.78. The van der Waals surface area contributed by atoms with E-state index in [-0.39, 0.29) is 0 Å². The number of rotatable bonds is 5. The number of hydrogen-bond donors (Lipinski definition) is 2. The third kappa shape index (κ3) is 4.32. The van der Waals surface area contributed by atoms with Gasteiger partial charge in [0.2, 0.25) is 10.0 Å². The molecule has 3 aromatic heterocycles. The van der Waals surface area contributed by atoms with Crippen LogP contribution in [-0.2, 0) is 15.4 Å². The van der Waals surface area contributed by atoms with E-state index in [1.807, 2.05) is 56.3 Å². The third-order valence-electron chi connectivity index (χ3n) is 5.93. The molecular weight excluding hydrogens is 460 g/mol. The highest BCUT2D eigenvalue weighted by Crippen LogP contribution is 2.34. The van der Waals surface area contributed by atoms with E-state index in [2.05, 4.69) is 26.0 Å². The van der Waals surface area contributed by atoms with Crippen LogP contribution in [0.25, 0.3) is 44.2 Å². The van der Waals surface area contributed by atoms with Crippen LogP contribution in [0.4, 0.5) is 5.69 Å². The van der Waals surface area contributed by atoms with Crippen molar-refractivity contribution >= 4 is 37.5 Å². The number of nitrogens with zero attached hydrogens (tertiary/aromatic N) is 4. The van der Waals surface area contributed by atoms with Gasteiger partial charge in [0.1, 0.15) is 0 Å². The van der Waals surface area contributed by atoms with E-state index >= 15 is 0 Å². The van der Waals surface area contributed by atoms with Crippen molar-refractivity contribution in [1.29, 1.82) is 5.26 Å². The Hall–Kier alpha value is -4.29. The predicted octanol–water partition coefficient (Wildman–Crippen LogP) is 5.01. The summed E-state index contributed by atoms with van der Waals surface area (Å²) >= 11 is 0. The van der Waals surface area contributed by atoms with Crippen LogP contribution in [0.5, 0.6) is 0 Å². The Morgan fingerprint density at radius 2 is 1.69 bits per heavy atom. The van der Waals surface area contributed by atoms with Crippen molar-refractivity contribution in [2.75, 3.05) is 11.0 Å². The minimum Gasteiger partial charge on any atom is -0.282 e. The topological polar surface area (TPSA) is 124 Å². The maximum Gasteiger partial charge on any atom is 0.229 e. The minimum atomic E-state index is -3.40. The quantitative estimate of drug-likeness (QED) is 0.363. The number of pyridine rings is 2. The molecule has 0 bridgehead atoms. The third-order valence-corrected chi connectivity index (χ3v) is 6.54.